The van der Waals surface area contributed by atoms with E-state index in [0.717, 1.165) is 28.8 Å². The van der Waals surface area contributed by atoms with Crippen LogP contribution < -0.4 is 0 Å². The maximum absolute atomic E-state index is 9.41. The van der Waals surface area contributed by atoms with E-state index in [9.17, 15) is 5.11 Å². The largest absolute Gasteiger partial charge is 0.395 e. The van der Waals surface area contributed by atoms with Crippen LogP contribution in [0.15, 0.2) is 29.0 Å². The molecule has 0 spiro atoms. The van der Waals surface area contributed by atoms with Crippen LogP contribution in [-0.4, -0.2) is 21.1 Å². The normalized spacial score (nSPS) is 18.3. The zero-order valence-electron chi connectivity index (χ0n) is 8.15. The van der Waals surface area contributed by atoms with Gasteiger partial charge in [0.2, 0.25) is 0 Å². The molecule has 1 fully saturated rings. The van der Waals surface area contributed by atoms with E-state index in [-0.39, 0.29) is 12.0 Å². The molecule has 15 heavy (non-hydrogen) atoms. The molecule has 2 aromatic heterocycles. The number of hydrogen-bond donors (Lipinski definition) is 1. The molecule has 0 unspecified atom stereocenters. The van der Waals surface area contributed by atoms with Gasteiger partial charge in [0, 0.05) is 6.20 Å². The highest BCUT2D eigenvalue weighted by Gasteiger charge is 2.47. The first kappa shape index (κ1) is 9.36. The van der Waals surface area contributed by atoms with Crippen LogP contribution >= 0.6 is 15.9 Å². The number of aliphatic hydroxyl groups excluding tert-OH is 1. The van der Waals surface area contributed by atoms with Gasteiger partial charge in [-0.05, 0) is 40.9 Å². The second-order valence-corrected chi connectivity index (χ2v) is 4.87. The van der Waals surface area contributed by atoms with E-state index in [1.54, 1.807) is 0 Å². The third-order valence-corrected chi connectivity index (χ3v) is 3.72. The summed E-state index contributed by atoms with van der Waals surface area (Å²) in [5.41, 5.74) is 0.975. The summed E-state index contributed by atoms with van der Waals surface area (Å²) in [4.78, 5) is 4.51. The lowest BCUT2D eigenvalue weighted by molar-refractivity contribution is 0.249. The van der Waals surface area contributed by atoms with Crippen molar-refractivity contribution in [3.8, 4) is 0 Å². The Labute approximate surface area is 95.9 Å². The SMILES string of the molecule is OCC1(c2nc(Br)c3ccccn23)CC1. The number of aliphatic hydroxyl groups is 1. The molecule has 3 rings (SSSR count). The average Bonchev–Trinajstić information content (AvgIpc) is 3.00. The van der Waals surface area contributed by atoms with E-state index >= 15 is 0 Å². The second-order valence-electron chi connectivity index (χ2n) is 4.12. The fourth-order valence-corrected chi connectivity index (χ4v) is 2.47. The molecule has 0 aromatic carbocycles. The fraction of sp³-hybridized carbons (Fsp3) is 0.364. The van der Waals surface area contributed by atoms with Gasteiger partial charge in [0.1, 0.15) is 10.4 Å². The number of nitrogens with zero attached hydrogens (tertiary/aromatic N) is 2. The van der Waals surface area contributed by atoms with E-state index in [0.29, 0.717) is 0 Å². The Morgan fingerprint density at radius 3 is 2.93 bits per heavy atom. The van der Waals surface area contributed by atoms with Crippen molar-refractivity contribution in [2.45, 2.75) is 18.3 Å². The lowest BCUT2D eigenvalue weighted by Gasteiger charge is -2.09. The zero-order chi connectivity index (χ0) is 10.5. The average molecular weight is 267 g/mol. The molecule has 1 aliphatic rings. The molecule has 0 bridgehead atoms. The van der Waals surface area contributed by atoms with E-state index in [2.05, 4.69) is 25.3 Å². The van der Waals surface area contributed by atoms with Crippen LogP contribution in [0.5, 0.6) is 0 Å². The third-order valence-electron chi connectivity index (χ3n) is 3.13. The molecule has 1 saturated carbocycles. The first-order valence-corrected chi connectivity index (χ1v) is 5.80. The summed E-state index contributed by atoms with van der Waals surface area (Å²) < 4.78 is 2.92. The van der Waals surface area contributed by atoms with Crippen LogP contribution in [0, 0.1) is 0 Å². The molecule has 78 valence electrons. The standard InChI is InChI=1S/C11H11BrN2O/c12-9-8-3-1-2-6-14(8)10(13-9)11(7-15)4-5-11/h1-3,6,15H,4-5,7H2. The Morgan fingerprint density at radius 1 is 1.47 bits per heavy atom. The van der Waals surface area contributed by atoms with E-state index in [1.165, 1.54) is 0 Å². The van der Waals surface area contributed by atoms with Gasteiger partial charge < -0.3 is 9.51 Å². The molecular weight excluding hydrogens is 256 g/mol. The van der Waals surface area contributed by atoms with Gasteiger partial charge in [-0.3, -0.25) is 0 Å². The van der Waals surface area contributed by atoms with Gasteiger partial charge in [-0.1, -0.05) is 6.07 Å². The monoisotopic (exact) mass is 266 g/mol. The van der Waals surface area contributed by atoms with E-state index < -0.39 is 0 Å². The minimum Gasteiger partial charge on any atom is -0.395 e. The van der Waals surface area contributed by atoms with Crippen molar-refractivity contribution in [2.75, 3.05) is 6.61 Å². The van der Waals surface area contributed by atoms with Crippen molar-refractivity contribution in [1.29, 1.82) is 0 Å². The lowest BCUT2D eigenvalue weighted by atomic mass is 10.1. The Morgan fingerprint density at radius 2 is 2.27 bits per heavy atom. The van der Waals surface area contributed by atoms with Gasteiger partial charge in [0.25, 0.3) is 0 Å². The smallest absolute Gasteiger partial charge is 0.132 e. The van der Waals surface area contributed by atoms with Crippen LogP contribution in [0.4, 0.5) is 0 Å². The first-order valence-electron chi connectivity index (χ1n) is 5.01. The van der Waals surface area contributed by atoms with Crippen molar-refractivity contribution in [1.82, 2.24) is 9.38 Å². The molecule has 1 N–H and O–H groups in total. The number of halogens is 1. The third kappa shape index (κ3) is 1.25. The summed E-state index contributed by atoms with van der Waals surface area (Å²) in [6.07, 6.45) is 4.06. The number of pyridine rings is 1. The summed E-state index contributed by atoms with van der Waals surface area (Å²) in [5, 5.41) is 9.41. The molecule has 0 atom stereocenters. The van der Waals surface area contributed by atoms with Gasteiger partial charge >= 0.3 is 0 Å². The fourth-order valence-electron chi connectivity index (χ4n) is 1.98. The Kier molecular flexibility index (Phi) is 1.91. The summed E-state index contributed by atoms with van der Waals surface area (Å²) in [5.74, 6) is 0.979. The molecule has 3 nitrogen and oxygen atoms in total. The summed E-state index contributed by atoms with van der Waals surface area (Å²) in [6, 6.07) is 6.00. The quantitative estimate of drug-likeness (QED) is 0.905. The molecule has 2 heterocycles. The molecule has 4 heteroatoms. The highest BCUT2D eigenvalue weighted by atomic mass is 79.9. The first-order chi connectivity index (χ1) is 7.27. The van der Waals surface area contributed by atoms with E-state index in [1.807, 2.05) is 24.4 Å². The topological polar surface area (TPSA) is 37.5 Å². The van der Waals surface area contributed by atoms with Crippen molar-refractivity contribution >= 4 is 21.4 Å². The number of hydrogen-bond acceptors (Lipinski definition) is 2. The molecule has 1 aliphatic carbocycles. The van der Waals surface area contributed by atoms with Gasteiger partial charge in [0.15, 0.2) is 0 Å². The minimum atomic E-state index is -0.0870. The number of imidazole rings is 1. The minimum absolute atomic E-state index is 0.0870. The number of rotatable bonds is 2. The van der Waals surface area contributed by atoms with Crippen molar-refractivity contribution in [3.63, 3.8) is 0 Å². The maximum Gasteiger partial charge on any atom is 0.132 e. The van der Waals surface area contributed by atoms with Crippen molar-refractivity contribution in [3.05, 3.63) is 34.8 Å². The van der Waals surface area contributed by atoms with Crippen LogP contribution in [0.3, 0.4) is 0 Å². The number of fused-ring (bicyclic) bond motifs is 1. The van der Waals surface area contributed by atoms with Crippen molar-refractivity contribution in [2.24, 2.45) is 0 Å². The van der Waals surface area contributed by atoms with Gasteiger partial charge in [-0.15, -0.1) is 0 Å². The second kappa shape index (κ2) is 3.06. The lowest BCUT2D eigenvalue weighted by Crippen LogP contribution is -2.15. The summed E-state index contributed by atoms with van der Waals surface area (Å²) in [6.45, 7) is 0.188. The van der Waals surface area contributed by atoms with Crippen LogP contribution in [0.25, 0.3) is 5.52 Å². The van der Waals surface area contributed by atoms with Crippen LogP contribution in [-0.2, 0) is 5.41 Å². The number of aromatic nitrogens is 2. The van der Waals surface area contributed by atoms with Gasteiger partial charge in [-0.25, -0.2) is 4.98 Å². The Hall–Kier alpha value is -0.870. The predicted molar refractivity (Wildman–Crippen MR) is 60.9 cm³/mol. The van der Waals surface area contributed by atoms with Crippen molar-refractivity contribution < 1.29 is 5.11 Å². The Bertz CT molecular complexity index is 516. The molecule has 0 amide bonds. The molecule has 2 aromatic rings. The highest BCUT2D eigenvalue weighted by molar-refractivity contribution is 9.10. The van der Waals surface area contributed by atoms with E-state index in [4.69, 9.17) is 0 Å². The molecule has 0 aliphatic heterocycles. The molecular formula is C11H11BrN2O. The van der Waals surface area contributed by atoms with Crippen LogP contribution in [0.1, 0.15) is 18.7 Å². The van der Waals surface area contributed by atoms with Gasteiger partial charge in [-0.2, -0.15) is 0 Å². The van der Waals surface area contributed by atoms with Gasteiger partial charge in [0.05, 0.1) is 17.5 Å². The predicted octanol–water partition coefficient (Wildman–Crippen LogP) is 2.12. The zero-order valence-corrected chi connectivity index (χ0v) is 9.74. The molecule has 0 saturated heterocycles. The Balaban J connectivity index is 2.28. The summed E-state index contributed by atoms with van der Waals surface area (Å²) in [7, 11) is 0. The molecule has 0 radical (unpaired) electrons. The summed E-state index contributed by atoms with van der Waals surface area (Å²) >= 11 is 3.45. The maximum atomic E-state index is 9.41. The van der Waals surface area contributed by atoms with Crippen LogP contribution in [0.2, 0.25) is 0 Å². The highest BCUT2D eigenvalue weighted by Crippen LogP contribution is 2.47.